The second kappa shape index (κ2) is 4.96. The van der Waals surface area contributed by atoms with Crippen molar-refractivity contribution in [3.05, 3.63) is 54.6 Å². The molecule has 2 aromatic rings. The number of phenols is 1. The summed E-state index contributed by atoms with van der Waals surface area (Å²) in [6, 6.07) is 13.1. The van der Waals surface area contributed by atoms with E-state index < -0.39 is 0 Å². The summed E-state index contributed by atoms with van der Waals surface area (Å²) >= 11 is 0. The number of aromatic hydroxyl groups is 1. The van der Waals surface area contributed by atoms with Crippen LogP contribution in [0, 0.1) is 0 Å². The predicted molar refractivity (Wildman–Crippen MR) is 74.8 cm³/mol. The zero-order chi connectivity index (χ0) is 13.1. The molecule has 0 aliphatic carbocycles. The van der Waals surface area contributed by atoms with Gasteiger partial charge in [0.1, 0.15) is 11.5 Å². The van der Waals surface area contributed by atoms with Crippen LogP contribution in [0.4, 0.5) is 0 Å². The lowest BCUT2D eigenvalue weighted by Crippen LogP contribution is -1.89. The minimum Gasteiger partial charge on any atom is -0.508 e. The largest absolute Gasteiger partial charge is 0.508 e. The van der Waals surface area contributed by atoms with E-state index in [1.807, 2.05) is 37.3 Å². The number of allylic oxidation sites excluding steroid dienone is 1. The molecular formula is C16H16O2. The van der Waals surface area contributed by atoms with E-state index in [4.69, 9.17) is 4.74 Å². The van der Waals surface area contributed by atoms with E-state index in [0.29, 0.717) is 0 Å². The Morgan fingerprint density at radius 2 is 1.78 bits per heavy atom. The minimum absolute atomic E-state index is 0.268. The molecule has 0 atom stereocenters. The highest BCUT2D eigenvalue weighted by Crippen LogP contribution is 2.32. The van der Waals surface area contributed by atoms with E-state index in [-0.39, 0.29) is 5.75 Å². The molecule has 2 heteroatoms. The van der Waals surface area contributed by atoms with Crippen LogP contribution >= 0.6 is 0 Å². The molecular weight excluding hydrogens is 224 g/mol. The Morgan fingerprint density at radius 1 is 1.11 bits per heavy atom. The van der Waals surface area contributed by atoms with E-state index >= 15 is 0 Å². The van der Waals surface area contributed by atoms with Gasteiger partial charge in [-0.05, 0) is 47.9 Å². The first-order valence-corrected chi connectivity index (χ1v) is 5.75. The Bertz CT molecular complexity index is 568. The molecule has 2 nitrogen and oxygen atoms in total. The van der Waals surface area contributed by atoms with Crippen molar-refractivity contribution >= 4 is 5.57 Å². The highest BCUT2D eigenvalue weighted by Gasteiger charge is 2.07. The summed E-state index contributed by atoms with van der Waals surface area (Å²) in [6.07, 6.45) is 0. The summed E-state index contributed by atoms with van der Waals surface area (Å²) in [5.74, 6) is 1.08. The van der Waals surface area contributed by atoms with Crippen LogP contribution in [0.5, 0.6) is 11.5 Å². The number of hydrogen-bond donors (Lipinski definition) is 1. The van der Waals surface area contributed by atoms with E-state index in [0.717, 1.165) is 28.0 Å². The topological polar surface area (TPSA) is 29.5 Å². The first-order valence-electron chi connectivity index (χ1n) is 5.75. The standard InChI is InChI=1S/C16H16O2/c1-11(2)16-10-14(18-3)8-9-15(16)12-4-6-13(17)7-5-12/h4-10,17H,1H2,2-3H3. The van der Waals surface area contributed by atoms with Crippen LogP contribution in [-0.2, 0) is 0 Å². The molecule has 0 radical (unpaired) electrons. The lowest BCUT2D eigenvalue weighted by atomic mass is 9.95. The number of ether oxygens (including phenoxy) is 1. The monoisotopic (exact) mass is 240 g/mol. The molecule has 0 bridgehead atoms. The molecule has 0 unspecified atom stereocenters. The summed E-state index contributed by atoms with van der Waals surface area (Å²) in [5.41, 5.74) is 4.17. The molecule has 0 heterocycles. The summed E-state index contributed by atoms with van der Waals surface area (Å²) < 4.78 is 5.23. The lowest BCUT2D eigenvalue weighted by molar-refractivity contribution is 0.414. The summed E-state index contributed by atoms with van der Waals surface area (Å²) in [6.45, 7) is 5.97. The number of phenolic OH excluding ortho intramolecular Hbond substituents is 1. The van der Waals surface area contributed by atoms with E-state index in [9.17, 15) is 5.11 Å². The van der Waals surface area contributed by atoms with Crippen molar-refractivity contribution in [2.75, 3.05) is 7.11 Å². The molecule has 18 heavy (non-hydrogen) atoms. The van der Waals surface area contributed by atoms with Gasteiger partial charge in [-0.2, -0.15) is 0 Å². The van der Waals surface area contributed by atoms with Crippen molar-refractivity contribution in [3.63, 3.8) is 0 Å². The fourth-order valence-corrected chi connectivity index (χ4v) is 1.90. The predicted octanol–water partition coefficient (Wildman–Crippen LogP) is 4.10. The summed E-state index contributed by atoms with van der Waals surface area (Å²) in [5, 5.41) is 9.33. The van der Waals surface area contributed by atoms with E-state index in [1.54, 1.807) is 19.2 Å². The fraction of sp³-hybridized carbons (Fsp3) is 0.125. The molecule has 0 saturated carbocycles. The number of hydrogen-bond acceptors (Lipinski definition) is 2. The maximum Gasteiger partial charge on any atom is 0.119 e. The van der Waals surface area contributed by atoms with Crippen molar-refractivity contribution in [2.45, 2.75) is 6.92 Å². The van der Waals surface area contributed by atoms with Crippen LogP contribution in [0.1, 0.15) is 12.5 Å². The number of methoxy groups -OCH3 is 1. The van der Waals surface area contributed by atoms with Crippen molar-refractivity contribution in [1.82, 2.24) is 0 Å². The van der Waals surface area contributed by atoms with Crippen LogP contribution in [0.25, 0.3) is 16.7 Å². The summed E-state index contributed by atoms with van der Waals surface area (Å²) in [7, 11) is 1.65. The van der Waals surface area contributed by atoms with Crippen molar-refractivity contribution < 1.29 is 9.84 Å². The highest BCUT2D eigenvalue weighted by atomic mass is 16.5. The lowest BCUT2D eigenvalue weighted by Gasteiger charge is -2.11. The third-order valence-electron chi connectivity index (χ3n) is 2.86. The zero-order valence-electron chi connectivity index (χ0n) is 10.6. The van der Waals surface area contributed by atoms with Crippen molar-refractivity contribution in [2.24, 2.45) is 0 Å². The Kier molecular flexibility index (Phi) is 3.38. The van der Waals surface area contributed by atoms with Gasteiger partial charge in [0.25, 0.3) is 0 Å². The van der Waals surface area contributed by atoms with E-state index in [1.165, 1.54) is 0 Å². The van der Waals surface area contributed by atoms with Crippen molar-refractivity contribution in [3.8, 4) is 22.6 Å². The van der Waals surface area contributed by atoms with Gasteiger partial charge in [0.15, 0.2) is 0 Å². The normalized spacial score (nSPS) is 10.1. The second-order valence-corrected chi connectivity index (χ2v) is 4.24. The van der Waals surface area contributed by atoms with Crippen LogP contribution in [0.2, 0.25) is 0 Å². The number of benzene rings is 2. The Hall–Kier alpha value is -2.22. The van der Waals surface area contributed by atoms with Crippen molar-refractivity contribution in [1.29, 1.82) is 0 Å². The maximum absolute atomic E-state index is 9.33. The Labute approximate surface area is 107 Å². The third-order valence-corrected chi connectivity index (χ3v) is 2.86. The van der Waals surface area contributed by atoms with Crippen LogP contribution in [0.15, 0.2) is 49.0 Å². The molecule has 0 spiro atoms. The van der Waals surface area contributed by atoms with Gasteiger partial charge in [-0.15, -0.1) is 0 Å². The molecule has 0 aliphatic heterocycles. The molecule has 0 aliphatic rings. The first-order chi connectivity index (χ1) is 8.61. The van der Waals surface area contributed by atoms with Crippen LogP contribution in [0.3, 0.4) is 0 Å². The minimum atomic E-state index is 0.268. The molecule has 2 aromatic carbocycles. The molecule has 2 rings (SSSR count). The molecule has 92 valence electrons. The maximum atomic E-state index is 9.33. The Balaban J connectivity index is 2.56. The van der Waals surface area contributed by atoms with Gasteiger partial charge in [0, 0.05) is 0 Å². The van der Waals surface area contributed by atoms with Crippen LogP contribution < -0.4 is 4.74 Å². The average Bonchev–Trinajstić information content (AvgIpc) is 2.39. The van der Waals surface area contributed by atoms with Crippen LogP contribution in [-0.4, -0.2) is 12.2 Å². The van der Waals surface area contributed by atoms with Gasteiger partial charge in [-0.25, -0.2) is 0 Å². The van der Waals surface area contributed by atoms with E-state index in [2.05, 4.69) is 6.58 Å². The second-order valence-electron chi connectivity index (χ2n) is 4.24. The molecule has 0 aromatic heterocycles. The average molecular weight is 240 g/mol. The van der Waals surface area contributed by atoms with Gasteiger partial charge < -0.3 is 9.84 Å². The smallest absolute Gasteiger partial charge is 0.119 e. The third kappa shape index (κ3) is 2.38. The summed E-state index contributed by atoms with van der Waals surface area (Å²) in [4.78, 5) is 0. The van der Waals surface area contributed by atoms with Gasteiger partial charge in [-0.3, -0.25) is 0 Å². The highest BCUT2D eigenvalue weighted by molar-refractivity contribution is 5.80. The quantitative estimate of drug-likeness (QED) is 0.875. The molecule has 0 saturated heterocycles. The molecule has 0 amide bonds. The number of rotatable bonds is 3. The molecule has 0 fully saturated rings. The van der Waals surface area contributed by atoms with Gasteiger partial charge >= 0.3 is 0 Å². The fourth-order valence-electron chi connectivity index (χ4n) is 1.90. The van der Waals surface area contributed by atoms with Gasteiger partial charge in [0.2, 0.25) is 0 Å². The zero-order valence-corrected chi connectivity index (χ0v) is 10.6. The Morgan fingerprint density at radius 3 is 2.33 bits per heavy atom. The first kappa shape index (κ1) is 12.2. The van der Waals surface area contributed by atoms with Gasteiger partial charge in [0.05, 0.1) is 7.11 Å². The molecule has 1 N–H and O–H groups in total. The SMILES string of the molecule is C=C(C)c1cc(OC)ccc1-c1ccc(O)cc1. The van der Waals surface area contributed by atoms with Gasteiger partial charge in [-0.1, -0.05) is 30.4 Å².